The van der Waals surface area contributed by atoms with E-state index >= 15 is 0 Å². The van der Waals surface area contributed by atoms with Gasteiger partial charge < -0.3 is 9.47 Å². The highest BCUT2D eigenvalue weighted by atomic mass is 35.5. The van der Waals surface area contributed by atoms with Gasteiger partial charge in [0.25, 0.3) is 0 Å². The van der Waals surface area contributed by atoms with Crippen molar-refractivity contribution < 1.29 is 14.3 Å². The second-order valence-electron chi connectivity index (χ2n) is 5.13. The van der Waals surface area contributed by atoms with Crippen LogP contribution in [0.25, 0.3) is 10.1 Å². The van der Waals surface area contributed by atoms with Crippen LogP contribution in [0.4, 0.5) is 0 Å². The zero-order valence-electron chi connectivity index (χ0n) is 12.8. The molecule has 0 atom stereocenters. The maximum Gasteiger partial charge on any atom is 0.350 e. The second kappa shape index (κ2) is 6.60. The molecule has 118 valence electrons. The number of thiophene rings is 1. The van der Waals surface area contributed by atoms with Gasteiger partial charge in [0.15, 0.2) is 0 Å². The van der Waals surface area contributed by atoms with Crippen LogP contribution < -0.4 is 4.74 Å². The van der Waals surface area contributed by atoms with E-state index in [0.717, 1.165) is 21.2 Å². The first-order valence-electron chi connectivity index (χ1n) is 7.08. The Morgan fingerprint density at radius 1 is 1.22 bits per heavy atom. The van der Waals surface area contributed by atoms with Crippen molar-refractivity contribution in [3.05, 3.63) is 63.5 Å². The Hall–Kier alpha value is -2.04. The van der Waals surface area contributed by atoms with Crippen LogP contribution in [-0.4, -0.2) is 13.1 Å². The lowest BCUT2D eigenvalue weighted by atomic mass is 10.1. The van der Waals surface area contributed by atoms with Crippen LogP contribution in [0.5, 0.6) is 5.75 Å². The molecule has 5 heteroatoms. The number of fused-ring (bicyclic) bond motifs is 1. The molecule has 0 fully saturated rings. The lowest BCUT2D eigenvalue weighted by Gasteiger charge is -2.10. The highest BCUT2D eigenvalue weighted by Crippen LogP contribution is 2.35. The fraction of sp³-hybridized carbons (Fsp3) is 0.167. The zero-order valence-corrected chi connectivity index (χ0v) is 14.3. The van der Waals surface area contributed by atoms with Gasteiger partial charge in [-0.05, 0) is 25.1 Å². The molecule has 2 aromatic carbocycles. The van der Waals surface area contributed by atoms with Gasteiger partial charge in [-0.2, -0.15) is 0 Å². The van der Waals surface area contributed by atoms with Gasteiger partial charge in [-0.25, -0.2) is 4.79 Å². The van der Waals surface area contributed by atoms with E-state index in [0.29, 0.717) is 15.6 Å². The van der Waals surface area contributed by atoms with Gasteiger partial charge in [0.2, 0.25) is 0 Å². The third-order valence-corrected chi connectivity index (χ3v) is 5.17. The van der Waals surface area contributed by atoms with Crippen molar-refractivity contribution in [2.45, 2.75) is 13.5 Å². The second-order valence-corrected chi connectivity index (χ2v) is 6.56. The standard InChI is InChI=1S/C18H15ClO3S/c1-11-7-8-14(21-2)12(9-11)10-22-18(20)17-16(19)13-5-3-4-6-15(13)23-17/h3-9H,10H2,1-2H3. The monoisotopic (exact) mass is 346 g/mol. The summed E-state index contributed by atoms with van der Waals surface area (Å²) in [6.45, 7) is 2.13. The van der Waals surface area contributed by atoms with Crippen LogP contribution in [0, 0.1) is 6.92 Å². The number of methoxy groups -OCH3 is 1. The number of aryl methyl sites for hydroxylation is 1. The Bertz CT molecular complexity index is 870. The summed E-state index contributed by atoms with van der Waals surface area (Å²) in [4.78, 5) is 12.8. The smallest absolute Gasteiger partial charge is 0.350 e. The molecule has 0 amide bonds. The van der Waals surface area contributed by atoms with E-state index in [1.54, 1.807) is 7.11 Å². The van der Waals surface area contributed by atoms with E-state index in [1.165, 1.54) is 11.3 Å². The van der Waals surface area contributed by atoms with Crippen LogP contribution in [0.3, 0.4) is 0 Å². The van der Waals surface area contributed by atoms with E-state index in [1.807, 2.05) is 49.4 Å². The number of hydrogen-bond donors (Lipinski definition) is 0. The minimum atomic E-state index is -0.417. The SMILES string of the molecule is COc1ccc(C)cc1COC(=O)c1sc2ccccc2c1Cl. The first-order valence-corrected chi connectivity index (χ1v) is 8.27. The van der Waals surface area contributed by atoms with Crippen LogP contribution in [0.1, 0.15) is 20.8 Å². The van der Waals surface area contributed by atoms with Crippen molar-refractivity contribution in [3.8, 4) is 5.75 Å². The third kappa shape index (κ3) is 3.19. The van der Waals surface area contributed by atoms with Crippen molar-refractivity contribution in [2.24, 2.45) is 0 Å². The molecule has 0 aliphatic heterocycles. The average Bonchev–Trinajstić information content (AvgIpc) is 2.90. The molecule has 1 heterocycles. The van der Waals surface area contributed by atoms with Crippen molar-refractivity contribution in [3.63, 3.8) is 0 Å². The van der Waals surface area contributed by atoms with Gasteiger partial charge in [0, 0.05) is 15.6 Å². The highest BCUT2D eigenvalue weighted by Gasteiger charge is 2.18. The lowest BCUT2D eigenvalue weighted by Crippen LogP contribution is -2.05. The minimum absolute atomic E-state index is 0.147. The Labute approximate surface area is 143 Å². The number of carbonyl (C=O) groups excluding carboxylic acids is 1. The Morgan fingerprint density at radius 2 is 2.00 bits per heavy atom. The predicted molar refractivity (Wildman–Crippen MR) is 93.7 cm³/mol. The summed E-state index contributed by atoms with van der Waals surface area (Å²) < 4.78 is 11.7. The molecule has 0 unspecified atom stereocenters. The Balaban J connectivity index is 1.82. The lowest BCUT2D eigenvalue weighted by molar-refractivity contribution is 0.0476. The van der Waals surface area contributed by atoms with Crippen LogP contribution in [-0.2, 0) is 11.3 Å². The predicted octanol–water partition coefficient (Wildman–Crippen LogP) is 5.23. The molecule has 3 nitrogen and oxygen atoms in total. The molecule has 0 spiro atoms. The normalized spacial score (nSPS) is 10.7. The highest BCUT2D eigenvalue weighted by molar-refractivity contribution is 7.21. The molecule has 0 bridgehead atoms. The topological polar surface area (TPSA) is 35.5 Å². The summed E-state index contributed by atoms with van der Waals surface area (Å²) in [7, 11) is 1.60. The number of rotatable bonds is 4. The minimum Gasteiger partial charge on any atom is -0.496 e. The van der Waals surface area contributed by atoms with Crippen molar-refractivity contribution in [2.75, 3.05) is 7.11 Å². The van der Waals surface area contributed by atoms with Gasteiger partial charge in [0.05, 0.1) is 12.1 Å². The molecule has 0 aliphatic carbocycles. The fourth-order valence-electron chi connectivity index (χ4n) is 2.37. The molecular weight excluding hydrogens is 332 g/mol. The Kier molecular flexibility index (Phi) is 4.55. The number of ether oxygens (including phenoxy) is 2. The molecule has 0 saturated carbocycles. The molecular formula is C18H15ClO3S. The van der Waals surface area contributed by atoms with Gasteiger partial charge >= 0.3 is 5.97 Å². The first-order chi connectivity index (χ1) is 11.1. The van der Waals surface area contributed by atoms with Gasteiger partial charge in [0.1, 0.15) is 17.2 Å². The van der Waals surface area contributed by atoms with Gasteiger partial charge in [-0.3, -0.25) is 0 Å². The number of halogens is 1. The summed E-state index contributed by atoms with van der Waals surface area (Å²) in [5.74, 6) is 0.283. The summed E-state index contributed by atoms with van der Waals surface area (Å²) in [5.41, 5.74) is 1.91. The molecule has 0 saturated heterocycles. The first kappa shape index (κ1) is 15.8. The molecule has 0 N–H and O–H groups in total. The number of carbonyl (C=O) groups is 1. The third-order valence-electron chi connectivity index (χ3n) is 3.51. The number of hydrogen-bond acceptors (Lipinski definition) is 4. The van der Waals surface area contributed by atoms with Crippen molar-refractivity contribution in [1.29, 1.82) is 0 Å². The van der Waals surface area contributed by atoms with Crippen molar-refractivity contribution in [1.82, 2.24) is 0 Å². The largest absolute Gasteiger partial charge is 0.496 e. The van der Waals surface area contributed by atoms with E-state index < -0.39 is 5.97 Å². The van der Waals surface area contributed by atoms with Crippen molar-refractivity contribution >= 4 is 39.0 Å². The summed E-state index contributed by atoms with van der Waals surface area (Å²) in [6, 6.07) is 13.4. The maximum atomic E-state index is 12.4. The molecule has 0 radical (unpaired) electrons. The number of esters is 1. The van der Waals surface area contributed by atoms with Crippen LogP contribution in [0.15, 0.2) is 42.5 Å². The molecule has 1 aromatic heterocycles. The number of benzene rings is 2. The summed E-state index contributed by atoms with van der Waals surface area (Å²) in [5, 5.41) is 1.33. The average molecular weight is 347 g/mol. The molecule has 23 heavy (non-hydrogen) atoms. The zero-order chi connectivity index (χ0) is 16.4. The van der Waals surface area contributed by atoms with Gasteiger partial charge in [-0.1, -0.05) is 41.4 Å². The van der Waals surface area contributed by atoms with E-state index in [-0.39, 0.29) is 6.61 Å². The van der Waals surface area contributed by atoms with E-state index in [9.17, 15) is 4.79 Å². The molecule has 0 aliphatic rings. The maximum absolute atomic E-state index is 12.4. The van der Waals surface area contributed by atoms with Crippen LogP contribution in [0.2, 0.25) is 5.02 Å². The molecule has 3 rings (SSSR count). The van der Waals surface area contributed by atoms with E-state index in [2.05, 4.69) is 0 Å². The summed E-state index contributed by atoms with van der Waals surface area (Å²) >= 11 is 7.64. The fourth-order valence-corrected chi connectivity index (χ4v) is 3.78. The quantitative estimate of drug-likeness (QED) is 0.607. The summed E-state index contributed by atoms with van der Waals surface area (Å²) in [6.07, 6.45) is 0. The van der Waals surface area contributed by atoms with Gasteiger partial charge in [-0.15, -0.1) is 11.3 Å². The Morgan fingerprint density at radius 3 is 2.74 bits per heavy atom. The van der Waals surface area contributed by atoms with Crippen LogP contribution >= 0.6 is 22.9 Å². The van der Waals surface area contributed by atoms with E-state index in [4.69, 9.17) is 21.1 Å². The molecule has 3 aromatic rings.